The van der Waals surface area contributed by atoms with E-state index in [1.54, 1.807) is 0 Å². The zero-order valence-corrected chi connectivity index (χ0v) is 9.04. The van der Waals surface area contributed by atoms with Gasteiger partial charge in [0.05, 0.1) is 0 Å². The Morgan fingerprint density at radius 2 is 1.89 bits per heavy atom. The molecule has 0 saturated carbocycles. The average molecular weight is 148 g/mol. The summed E-state index contributed by atoms with van der Waals surface area (Å²) in [6.07, 6.45) is 0. The van der Waals surface area contributed by atoms with E-state index in [0.29, 0.717) is 0 Å². The van der Waals surface area contributed by atoms with Crippen LogP contribution >= 0.6 is 9.24 Å². The minimum absolute atomic E-state index is 0. The van der Waals surface area contributed by atoms with Gasteiger partial charge < -0.3 is 1.43 Å². The summed E-state index contributed by atoms with van der Waals surface area (Å²) in [4.78, 5) is 0. The SMILES string of the molecule is Cc1ccccc1P.[H-].[Na+]. The van der Waals surface area contributed by atoms with Gasteiger partial charge in [0.25, 0.3) is 0 Å². The Bertz CT molecular complexity index is 170. The molecule has 0 saturated heterocycles. The predicted octanol–water partition coefficient (Wildman–Crippen LogP) is -1.39. The van der Waals surface area contributed by atoms with Crippen LogP contribution in [0, 0.1) is 6.92 Å². The van der Waals surface area contributed by atoms with Crippen molar-refractivity contribution < 1.29 is 31.0 Å². The van der Waals surface area contributed by atoms with Gasteiger partial charge in [-0.2, -0.15) is 0 Å². The van der Waals surface area contributed by atoms with Crippen LogP contribution in [-0.4, -0.2) is 0 Å². The molecule has 1 aromatic rings. The number of benzene rings is 1. The van der Waals surface area contributed by atoms with Gasteiger partial charge in [-0.3, -0.25) is 0 Å². The van der Waals surface area contributed by atoms with Gasteiger partial charge in [0.1, 0.15) is 0 Å². The van der Waals surface area contributed by atoms with Crippen molar-refractivity contribution >= 4 is 14.5 Å². The zero-order valence-electron chi connectivity index (χ0n) is 6.89. The van der Waals surface area contributed by atoms with Crippen LogP contribution in [0.3, 0.4) is 0 Å². The van der Waals surface area contributed by atoms with Gasteiger partial charge in [-0.05, 0) is 17.8 Å². The summed E-state index contributed by atoms with van der Waals surface area (Å²) in [6, 6.07) is 8.26. The summed E-state index contributed by atoms with van der Waals surface area (Å²) in [6.45, 7) is 2.10. The van der Waals surface area contributed by atoms with Crippen LogP contribution in [0.4, 0.5) is 0 Å². The second-order valence-electron chi connectivity index (χ2n) is 1.86. The second kappa shape index (κ2) is 4.46. The van der Waals surface area contributed by atoms with Crippen LogP contribution in [0.15, 0.2) is 24.3 Å². The molecule has 0 fully saturated rings. The fourth-order valence-corrected chi connectivity index (χ4v) is 0.794. The first-order valence-corrected chi connectivity index (χ1v) is 3.19. The summed E-state index contributed by atoms with van der Waals surface area (Å²) in [5, 5.41) is 1.28. The van der Waals surface area contributed by atoms with Crippen molar-refractivity contribution in [3.05, 3.63) is 29.8 Å². The van der Waals surface area contributed by atoms with E-state index in [2.05, 4.69) is 28.3 Å². The molecule has 0 aliphatic rings. The molecule has 1 aromatic carbocycles. The van der Waals surface area contributed by atoms with Crippen LogP contribution in [0.2, 0.25) is 0 Å². The topological polar surface area (TPSA) is 0 Å². The third-order valence-electron chi connectivity index (χ3n) is 1.19. The van der Waals surface area contributed by atoms with Crippen molar-refractivity contribution in [1.82, 2.24) is 0 Å². The largest absolute Gasteiger partial charge is 1.00 e. The van der Waals surface area contributed by atoms with Crippen molar-refractivity contribution in [1.29, 1.82) is 0 Å². The van der Waals surface area contributed by atoms with Crippen molar-refractivity contribution in [2.24, 2.45) is 0 Å². The Morgan fingerprint density at radius 1 is 1.33 bits per heavy atom. The van der Waals surface area contributed by atoms with E-state index >= 15 is 0 Å². The Morgan fingerprint density at radius 3 is 2.22 bits per heavy atom. The Hall–Kier alpha value is 0.650. The minimum atomic E-state index is 0. The number of rotatable bonds is 0. The van der Waals surface area contributed by atoms with Gasteiger partial charge in [0, 0.05) is 0 Å². The molecule has 0 heterocycles. The number of aryl methyl sites for hydroxylation is 1. The van der Waals surface area contributed by atoms with E-state index in [9.17, 15) is 0 Å². The van der Waals surface area contributed by atoms with Crippen LogP contribution in [0.1, 0.15) is 6.99 Å². The molecule has 2 heteroatoms. The molecule has 1 atom stereocenters. The molecular formula is C7H10NaP. The standard InChI is InChI=1S/C7H9P.Na.H/c1-6-4-2-3-5-7(6)8;;/h2-5H,8H2,1H3;;/q;+1;-1. The molecule has 0 bridgehead atoms. The molecule has 1 unspecified atom stereocenters. The molecule has 0 spiro atoms. The first-order valence-electron chi connectivity index (χ1n) is 2.62. The first-order chi connectivity index (χ1) is 3.80. The predicted molar refractivity (Wildman–Crippen MR) is 41.6 cm³/mol. The molecule has 0 radical (unpaired) electrons. The summed E-state index contributed by atoms with van der Waals surface area (Å²) < 4.78 is 0. The normalized spacial score (nSPS) is 8.22. The fraction of sp³-hybridized carbons (Fsp3) is 0.143. The van der Waals surface area contributed by atoms with Gasteiger partial charge in [-0.15, -0.1) is 9.24 Å². The Balaban J connectivity index is 0. The maximum Gasteiger partial charge on any atom is 1.00 e. The molecule has 0 aromatic heterocycles. The van der Waals surface area contributed by atoms with E-state index < -0.39 is 0 Å². The van der Waals surface area contributed by atoms with Crippen molar-refractivity contribution in [3.63, 3.8) is 0 Å². The molecule has 44 valence electrons. The van der Waals surface area contributed by atoms with Gasteiger partial charge >= 0.3 is 29.6 Å². The number of hydrogen-bond donors (Lipinski definition) is 0. The van der Waals surface area contributed by atoms with Crippen molar-refractivity contribution in [2.45, 2.75) is 6.92 Å². The molecule has 0 N–H and O–H groups in total. The zero-order chi connectivity index (χ0) is 5.98. The first kappa shape index (κ1) is 9.65. The second-order valence-corrected chi connectivity index (χ2v) is 2.48. The average Bonchev–Trinajstić information content (AvgIpc) is 1.77. The monoisotopic (exact) mass is 148 g/mol. The summed E-state index contributed by atoms with van der Waals surface area (Å²) in [7, 11) is 2.69. The van der Waals surface area contributed by atoms with Crippen molar-refractivity contribution in [3.8, 4) is 0 Å². The van der Waals surface area contributed by atoms with Gasteiger partial charge in [0.2, 0.25) is 0 Å². The molecular weight excluding hydrogens is 138 g/mol. The van der Waals surface area contributed by atoms with Gasteiger partial charge in [-0.25, -0.2) is 0 Å². The Kier molecular flexibility index (Phi) is 4.79. The summed E-state index contributed by atoms with van der Waals surface area (Å²) in [5.41, 5.74) is 1.33. The van der Waals surface area contributed by atoms with Gasteiger partial charge in [0.15, 0.2) is 0 Å². The van der Waals surface area contributed by atoms with Crippen LogP contribution < -0.4 is 34.9 Å². The molecule has 9 heavy (non-hydrogen) atoms. The van der Waals surface area contributed by atoms with E-state index in [1.807, 2.05) is 12.1 Å². The maximum absolute atomic E-state index is 2.69. The third-order valence-corrected chi connectivity index (χ3v) is 1.84. The smallest absolute Gasteiger partial charge is 1.00 e. The molecule has 0 amide bonds. The summed E-state index contributed by atoms with van der Waals surface area (Å²) in [5.74, 6) is 0. The van der Waals surface area contributed by atoms with E-state index in [1.165, 1.54) is 10.9 Å². The van der Waals surface area contributed by atoms with E-state index in [-0.39, 0.29) is 31.0 Å². The van der Waals surface area contributed by atoms with E-state index in [4.69, 9.17) is 0 Å². The third kappa shape index (κ3) is 2.82. The summed E-state index contributed by atoms with van der Waals surface area (Å²) >= 11 is 0. The van der Waals surface area contributed by atoms with Crippen LogP contribution in [0.25, 0.3) is 0 Å². The van der Waals surface area contributed by atoms with E-state index in [0.717, 1.165) is 0 Å². The number of hydrogen-bond acceptors (Lipinski definition) is 0. The van der Waals surface area contributed by atoms with Crippen LogP contribution in [-0.2, 0) is 0 Å². The van der Waals surface area contributed by atoms with Gasteiger partial charge in [-0.1, -0.05) is 24.3 Å². The molecule has 0 aliphatic heterocycles. The Labute approximate surface area is 82.0 Å². The maximum atomic E-state index is 2.69. The fourth-order valence-electron chi connectivity index (χ4n) is 0.587. The van der Waals surface area contributed by atoms with Crippen molar-refractivity contribution in [2.75, 3.05) is 0 Å². The molecule has 0 nitrogen and oxygen atoms in total. The minimum Gasteiger partial charge on any atom is -1.00 e. The quantitative estimate of drug-likeness (QED) is 0.314. The van der Waals surface area contributed by atoms with Crippen LogP contribution in [0.5, 0.6) is 0 Å². The molecule has 0 aliphatic carbocycles. The molecule has 1 rings (SSSR count).